The third-order valence-corrected chi connectivity index (χ3v) is 2.80. The summed E-state index contributed by atoms with van der Waals surface area (Å²) in [6.07, 6.45) is 5.92. The van der Waals surface area contributed by atoms with E-state index in [1.54, 1.807) is 6.20 Å². The summed E-state index contributed by atoms with van der Waals surface area (Å²) < 4.78 is 0. The zero-order valence-corrected chi connectivity index (χ0v) is 8.72. The van der Waals surface area contributed by atoms with Crippen LogP contribution in [0.25, 0.3) is 0 Å². The second-order valence-corrected chi connectivity index (χ2v) is 3.66. The number of nitrogens with one attached hydrogen (secondary N) is 2. The molecule has 0 bridgehead atoms. The van der Waals surface area contributed by atoms with Gasteiger partial charge in [0.1, 0.15) is 5.82 Å². The smallest absolute Gasteiger partial charge is 0.120 e. The average Bonchev–Trinajstić information content (AvgIpc) is 2.67. The molecule has 3 heteroatoms. The molecule has 0 aliphatic rings. The van der Waals surface area contributed by atoms with Crippen molar-refractivity contribution < 1.29 is 0 Å². The van der Waals surface area contributed by atoms with Gasteiger partial charge >= 0.3 is 0 Å². The Morgan fingerprint density at radius 2 is 2.15 bits per heavy atom. The van der Waals surface area contributed by atoms with Crippen LogP contribution in [-0.4, -0.2) is 15.5 Å². The first-order valence-corrected chi connectivity index (χ1v) is 4.93. The maximum absolute atomic E-state index is 4.17. The minimum Gasteiger partial charge on any atom is -0.348 e. The first-order chi connectivity index (χ1) is 6.20. The Morgan fingerprint density at radius 3 is 2.62 bits per heavy atom. The minimum atomic E-state index is 0.243. The van der Waals surface area contributed by atoms with Gasteiger partial charge in [0.15, 0.2) is 0 Å². The lowest BCUT2D eigenvalue weighted by molar-refractivity contribution is 0.326. The van der Waals surface area contributed by atoms with E-state index in [1.807, 2.05) is 6.20 Å². The van der Waals surface area contributed by atoms with Crippen LogP contribution in [0.2, 0.25) is 0 Å². The standard InChI is InChI=1S/C10H19N3/c1-4-10(3,5-2)13-8-9-11-6-7-12-9/h6-7,13H,4-5,8H2,1-3H3,(H,11,12). The predicted molar refractivity (Wildman–Crippen MR) is 54.4 cm³/mol. The van der Waals surface area contributed by atoms with E-state index in [9.17, 15) is 0 Å². The molecule has 3 nitrogen and oxygen atoms in total. The SMILES string of the molecule is CCC(C)(CC)NCc1ncc[nH]1. The van der Waals surface area contributed by atoms with Gasteiger partial charge in [-0.3, -0.25) is 0 Å². The minimum absolute atomic E-state index is 0.243. The molecule has 74 valence electrons. The van der Waals surface area contributed by atoms with Gasteiger partial charge in [0, 0.05) is 17.9 Å². The Labute approximate surface area is 80.0 Å². The molecule has 0 saturated heterocycles. The molecule has 1 heterocycles. The van der Waals surface area contributed by atoms with Crippen LogP contribution in [0.4, 0.5) is 0 Å². The van der Waals surface area contributed by atoms with Crippen LogP contribution in [0.1, 0.15) is 39.4 Å². The normalized spacial score (nSPS) is 11.9. The largest absolute Gasteiger partial charge is 0.348 e. The molecule has 0 radical (unpaired) electrons. The van der Waals surface area contributed by atoms with E-state index in [0.29, 0.717) is 0 Å². The van der Waals surface area contributed by atoms with Crippen molar-refractivity contribution in [2.75, 3.05) is 0 Å². The zero-order valence-electron chi connectivity index (χ0n) is 8.72. The number of hydrogen-bond donors (Lipinski definition) is 2. The van der Waals surface area contributed by atoms with Crippen LogP contribution in [0.15, 0.2) is 12.4 Å². The van der Waals surface area contributed by atoms with Crippen molar-refractivity contribution in [3.63, 3.8) is 0 Å². The van der Waals surface area contributed by atoms with Crippen molar-refractivity contribution >= 4 is 0 Å². The van der Waals surface area contributed by atoms with Crippen molar-refractivity contribution in [3.8, 4) is 0 Å². The topological polar surface area (TPSA) is 40.7 Å². The van der Waals surface area contributed by atoms with Crippen molar-refractivity contribution in [2.45, 2.75) is 45.7 Å². The molecule has 0 unspecified atom stereocenters. The molecule has 1 rings (SSSR count). The first-order valence-electron chi connectivity index (χ1n) is 4.93. The lowest BCUT2D eigenvalue weighted by Crippen LogP contribution is -2.40. The van der Waals surface area contributed by atoms with E-state index in [-0.39, 0.29) is 5.54 Å². The fourth-order valence-corrected chi connectivity index (χ4v) is 1.19. The number of rotatable bonds is 5. The number of hydrogen-bond acceptors (Lipinski definition) is 2. The van der Waals surface area contributed by atoms with Crippen molar-refractivity contribution in [1.29, 1.82) is 0 Å². The summed E-state index contributed by atoms with van der Waals surface area (Å²) in [5.41, 5.74) is 0.243. The molecule has 1 aromatic rings. The molecule has 0 spiro atoms. The molecular formula is C10H19N3. The number of imidazole rings is 1. The second kappa shape index (κ2) is 4.42. The lowest BCUT2D eigenvalue weighted by atomic mass is 9.96. The highest BCUT2D eigenvalue weighted by Crippen LogP contribution is 2.13. The van der Waals surface area contributed by atoms with Gasteiger partial charge in [0.25, 0.3) is 0 Å². The number of nitrogens with zero attached hydrogens (tertiary/aromatic N) is 1. The van der Waals surface area contributed by atoms with Gasteiger partial charge in [0.2, 0.25) is 0 Å². The Balaban J connectivity index is 2.41. The number of aromatic amines is 1. The monoisotopic (exact) mass is 181 g/mol. The Hall–Kier alpha value is -0.830. The summed E-state index contributed by atoms with van der Waals surface area (Å²) in [7, 11) is 0. The maximum Gasteiger partial charge on any atom is 0.120 e. The summed E-state index contributed by atoms with van der Waals surface area (Å²) in [4.78, 5) is 7.25. The molecule has 0 fully saturated rings. The molecular weight excluding hydrogens is 162 g/mol. The molecule has 0 amide bonds. The highest BCUT2D eigenvalue weighted by atomic mass is 15.0. The van der Waals surface area contributed by atoms with Crippen molar-refractivity contribution in [1.82, 2.24) is 15.3 Å². The molecule has 0 saturated carbocycles. The van der Waals surface area contributed by atoms with Gasteiger partial charge in [-0.1, -0.05) is 13.8 Å². The Morgan fingerprint density at radius 1 is 1.46 bits per heavy atom. The van der Waals surface area contributed by atoms with Gasteiger partial charge in [-0.25, -0.2) is 4.98 Å². The number of H-pyrrole nitrogens is 1. The van der Waals surface area contributed by atoms with E-state index < -0.39 is 0 Å². The van der Waals surface area contributed by atoms with Crippen LogP contribution >= 0.6 is 0 Å². The summed E-state index contributed by atoms with van der Waals surface area (Å²) in [5.74, 6) is 1.01. The van der Waals surface area contributed by atoms with E-state index in [1.165, 1.54) is 0 Å². The summed E-state index contributed by atoms with van der Waals surface area (Å²) >= 11 is 0. The molecule has 1 aromatic heterocycles. The summed E-state index contributed by atoms with van der Waals surface area (Å²) in [6, 6.07) is 0. The van der Waals surface area contributed by atoms with Crippen LogP contribution in [0, 0.1) is 0 Å². The van der Waals surface area contributed by atoms with E-state index in [4.69, 9.17) is 0 Å². The quantitative estimate of drug-likeness (QED) is 0.730. The van der Waals surface area contributed by atoms with E-state index in [2.05, 4.69) is 36.1 Å². The predicted octanol–water partition coefficient (Wildman–Crippen LogP) is 2.08. The van der Waals surface area contributed by atoms with Crippen LogP contribution in [-0.2, 0) is 6.54 Å². The van der Waals surface area contributed by atoms with Crippen LogP contribution in [0.5, 0.6) is 0 Å². The van der Waals surface area contributed by atoms with Crippen LogP contribution < -0.4 is 5.32 Å². The second-order valence-electron chi connectivity index (χ2n) is 3.66. The lowest BCUT2D eigenvalue weighted by Gasteiger charge is -2.27. The average molecular weight is 181 g/mol. The van der Waals surface area contributed by atoms with Gasteiger partial charge in [0.05, 0.1) is 6.54 Å². The molecule has 0 aromatic carbocycles. The summed E-state index contributed by atoms with van der Waals surface area (Å²) in [6.45, 7) is 7.48. The molecule has 2 N–H and O–H groups in total. The third kappa shape index (κ3) is 2.84. The van der Waals surface area contributed by atoms with Crippen molar-refractivity contribution in [3.05, 3.63) is 18.2 Å². The highest BCUT2D eigenvalue weighted by Gasteiger charge is 2.18. The highest BCUT2D eigenvalue weighted by molar-refractivity contribution is 4.89. The van der Waals surface area contributed by atoms with Gasteiger partial charge in [-0.15, -0.1) is 0 Å². The van der Waals surface area contributed by atoms with E-state index >= 15 is 0 Å². The molecule has 0 aliphatic heterocycles. The fraction of sp³-hybridized carbons (Fsp3) is 0.700. The molecule has 13 heavy (non-hydrogen) atoms. The van der Waals surface area contributed by atoms with Crippen molar-refractivity contribution in [2.24, 2.45) is 0 Å². The third-order valence-electron chi connectivity index (χ3n) is 2.80. The van der Waals surface area contributed by atoms with Gasteiger partial charge < -0.3 is 10.3 Å². The molecule has 0 atom stereocenters. The zero-order chi connectivity index (χ0) is 9.73. The van der Waals surface area contributed by atoms with E-state index in [0.717, 1.165) is 25.2 Å². The Kier molecular flexibility index (Phi) is 3.48. The molecule has 0 aliphatic carbocycles. The fourth-order valence-electron chi connectivity index (χ4n) is 1.19. The van der Waals surface area contributed by atoms with Gasteiger partial charge in [-0.2, -0.15) is 0 Å². The summed E-state index contributed by atoms with van der Waals surface area (Å²) in [5, 5.41) is 3.50. The first kappa shape index (κ1) is 10.3. The van der Waals surface area contributed by atoms with Crippen LogP contribution in [0.3, 0.4) is 0 Å². The maximum atomic E-state index is 4.17. The van der Waals surface area contributed by atoms with Gasteiger partial charge in [-0.05, 0) is 19.8 Å². The number of aromatic nitrogens is 2. The Bertz CT molecular complexity index is 224.